The summed E-state index contributed by atoms with van der Waals surface area (Å²) < 4.78 is 2.01. The van der Waals surface area contributed by atoms with Crippen molar-refractivity contribution in [3.63, 3.8) is 0 Å². The van der Waals surface area contributed by atoms with Crippen LogP contribution in [0.1, 0.15) is 36.4 Å². The molecule has 0 amide bonds. The fourth-order valence-electron chi connectivity index (χ4n) is 2.12. The van der Waals surface area contributed by atoms with Crippen molar-refractivity contribution in [2.24, 2.45) is 0 Å². The molecule has 1 saturated carbocycles. The molecule has 3 rings (SSSR count). The lowest BCUT2D eigenvalue weighted by Crippen LogP contribution is -2.09. The number of hydrogen-bond acceptors (Lipinski definition) is 2. The zero-order valence-electron chi connectivity index (χ0n) is 8.56. The topological polar surface area (TPSA) is 37.5 Å². The van der Waals surface area contributed by atoms with E-state index in [2.05, 4.69) is 17.2 Å². The van der Waals surface area contributed by atoms with Crippen LogP contribution in [-0.4, -0.2) is 14.5 Å². The summed E-state index contributed by atoms with van der Waals surface area (Å²) in [7, 11) is 0. The van der Waals surface area contributed by atoms with Crippen molar-refractivity contribution in [2.45, 2.75) is 31.8 Å². The summed E-state index contributed by atoms with van der Waals surface area (Å²) in [5.41, 5.74) is 3.05. The van der Waals surface area contributed by atoms with Crippen molar-refractivity contribution < 1.29 is 5.11 Å². The molecule has 0 saturated heterocycles. The second-order valence-corrected chi connectivity index (χ2v) is 4.25. The summed E-state index contributed by atoms with van der Waals surface area (Å²) in [5, 5.41) is 9.00. The number of hydrogen-bond donors (Lipinski definition) is 1. The Morgan fingerprint density at radius 2 is 2.20 bits per heavy atom. The van der Waals surface area contributed by atoms with Crippen LogP contribution in [0.2, 0.25) is 0 Å². The summed E-state index contributed by atoms with van der Waals surface area (Å²) in [6.45, 7) is 0.0143. The second kappa shape index (κ2) is 3.35. The van der Waals surface area contributed by atoms with Crippen molar-refractivity contribution in [1.29, 1.82) is 0 Å². The average Bonchev–Trinajstić information content (AvgIpc) is 2.57. The third-order valence-electron chi connectivity index (χ3n) is 3.26. The monoisotopic (exact) mass is 202 g/mol. The molecular formula is C12H14N2O. The number of fused-ring (bicyclic) bond motifs is 1. The minimum atomic E-state index is 0.0143. The number of pyridine rings is 1. The third kappa shape index (κ3) is 1.43. The van der Waals surface area contributed by atoms with Gasteiger partial charge in [0.25, 0.3) is 0 Å². The molecule has 0 aliphatic heterocycles. The number of imidazole rings is 1. The Hall–Kier alpha value is -1.35. The van der Waals surface area contributed by atoms with Gasteiger partial charge in [-0.3, -0.25) is 0 Å². The van der Waals surface area contributed by atoms with Crippen LogP contribution >= 0.6 is 0 Å². The van der Waals surface area contributed by atoms with Gasteiger partial charge >= 0.3 is 0 Å². The van der Waals surface area contributed by atoms with Crippen LogP contribution in [0.25, 0.3) is 5.65 Å². The van der Waals surface area contributed by atoms with Crippen LogP contribution < -0.4 is 0 Å². The first-order valence-corrected chi connectivity index (χ1v) is 5.45. The molecule has 3 nitrogen and oxygen atoms in total. The summed E-state index contributed by atoms with van der Waals surface area (Å²) in [4.78, 5) is 4.29. The fourth-order valence-corrected chi connectivity index (χ4v) is 2.12. The van der Waals surface area contributed by atoms with Gasteiger partial charge in [0.15, 0.2) is 0 Å². The Kier molecular flexibility index (Phi) is 1.99. The maximum atomic E-state index is 9.00. The van der Waals surface area contributed by atoms with E-state index in [0.717, 1.165) is 17.3 Å². The van der Waals surface area contributed by atoms with Gasteiger partial charge in [0.2, 0.25) is 0 Å². The molecule has 78 valence electrons. The Bertz CT molecular complexity index is 485. The highest BCUT2D eigenvalue weighted by molar-refractivity contribution is 5.42. The van der Waals surface area contributed by atoms with E-state index in [9.17, 15) is 0 Å². The molecule has 1 aliphatic carbocycles. The van der Waals surface area contributed by atoms with E-state index in [1.165, 1.54) is 24.8 Å². The molecule has 1 fully saturated rings. The zero-order chi connectivity index (χ0) is 10.3. The first-order valence-electron chi connectivity index (χ1n) is 5.45. The zero-order valence-corrected chi connectivity index (χ0v) is 8.56. The standard InChI is InChI=1S/C12H14N2O/c15-8-11-7-14-6-10(9-2-1-3-9)4-5-12(14)13-11/h4-7,9,15H,1-3,8H2. The Morgan fingerprint density at radius 3 is 2.87 bits per heavy atom. The molecule has 2 heterocycles. The van der Waals surface area contributed by atoms with Gasteiger partial charge in [0, 0.05) is 12.4 Å². The minimum Gasteiger partial charge on any atom is -0.390 e. The lowest BCUT2D eigenvalue weighted by Gasteiger charge is -2.25. The minimum absolute atomic E-state index is 0.0143. The lowest BCUT2D eigenvalue weighted by atomic mass is 9.81. The number of nitrogens with zero attached hydrogens (tertiary/aromatic N) is 2. The maximum Gasteiger partial charge on any atom is 0.137 e. The Labute approximate surface area is 88.4 Å². The van der Waals surface area contributed by atoms with Crippen LogP contribution in [0.15, 0.2) is 24.5 Å². The SMILES string of the molecule is OCc1cn2cc(C3CCC3)ccc2n1. The lowest BCUT2D eigenvalue weighted by molar-refractivity contribution is 0.277. The number of aromatic nitrogens is 2. The van der Waals surface area contributed by atoms with Crippen LogP contribution in [0.4, 0.5) is 0 Å². The van der Waals surface area contributed by atoms with Gasteiger partial charge in [0.1, 0.15) is 5.65 Å². The summed E-state index contributed by atoms with van der Waals surface area (Å²) in [6, 6.07) is 4.19. The van der Waals surface area contributed by atoms with E-state index in [0.29, 0.717) is 0 Å². The number of rotatable bonds is 2. The average molecular weight is 202 g/mol. The molecule has 0 atom stereocenters. The van der Waals surface area contributed by atoms with Crippen molar-refractivity contribution in [2.75, 3.05) is 0 Å². The molecule has 0 unspecified atom stereocenters. The van der Waals surface area contributed by atoms with Gasteiger partial charge in [0.05, 0.1) is 12.3 Å². The van der Waals surface area contributed by atoms with E-state index in [-0.39, 0.29) is 6.61 Å². The van der Waals surface area contributed by atoms with Gasteiger partial charge in [-0.15, -0.1) is 0 Å². The molecule has 3 heteroatoms. The predicted molar refractivity (Wildman–Crippen MR) is 57.7 cm³/mol. The van der Waals surface area contributed by atoms with Crippen molar-refractivity contribution in [1.82, 2.24) is 9.38 Å². The van der Waals surface area contributed by atoms with E-state index in [4.69, 9.17) is 5.11 Å². The smallest absolute Gasteiger partial charge is 0.137 e. The third-order valence-corrected chi connectivity index (χ3v) is 3.26. The molecule has 2 aromatic heterocycles. The molecule has 2 aromatic rings. The number of aliphatic hydroxyl groups excluding tert-OH is 1. The van der Waals surface area contributed by atoms with Crippen molar-refractivity contribution in [3.05, 3.63) is 35.8 Å². The number of aliphatic hydroxyl groups is 1. The van der Waals surface area contributed by atoms with E-state index in [1.54, 1.807) is 0 Å². The van der Waals surface area contributed by atoms with Gasteiger partial charge in [-0.2, -0.15) is 0 Å². The van der Waals surface area contributed by atoms with Crippen LogP contribution in [0.5, 0.6) is 0 Å². The van der Waals surface area contributed by atoms with Gasteiger partial charge in [-0.25, -0.2) is 4.98 Å². The van der Waals surface area contributed by atoms with Gasteiger partial charge < -0.3 is 9.51 Å². The normalized spacial score (nSPS) is 16.9. The Morgan fingerprint density at radius 1 is 1.33 bits per heavy atom. The highest BCUT2D eigenvalue weighted by atomic mass is 16.3. The second-order valence-electron chi connectivity index (χ2n) is 4.25. The van der Waals surface area contributed by atoms with Crippen molar-refractivity contribution >= 4 is 5.65 Å². The highest BCUT2D eigenvalue weighted by Gasteiger charge is 2.19. The van der Waals surface area contributed by atoms with Crippen LogP contribution in [0.3, 0.4) is 0 Å². The molecule has 1 N–H and O–H groups in total. The van der Waals surface area contributed by atoms with Gasteiger partial charge in [-0.05, 0) is 30.4 Å². The Balaban J connectivity index is 2.04. The van der Waals surface area contributed by atoms with Gasteiger partial charge in [-0.1, -0.05) is 12.5 Å². The summed E-state index contributed by atoms with van der Waals surface area (Å²) in [6.07, 6.45) is 8.03. The molecular weight excluding hydrogens is 188 g/mol. The predicted octanol–water partition coefficient (Wildman–Crippen LogP) is 2.09. The first-order chi connectivity index (χ1) is 7.36. The first kappa shape index (κ1) is 8.92. The molecule has 0 radical (unpaired) electrons. The van der Waals surface area contributed by atoms with E-state index in [1.807, 2.05) is 16.7 Å². The van der Waals surface area contributed by atoms with E-state index < -0.39 is 0 Å². The fraction of sp³-hybridized carbons (Fsp3) is 0.417. The van der Waals surface area contributed by atoms with Crippen molar-refractivity contribution in [3.8, 4) is 0 Å². The largest absolute Gasteiger partial charge is 0.390 e. The van der Waals surface area contributed by atoms with Crippen LogP contribution in [-0.2, 0) is 6.61 Å². The highest BCUT2D eigenvalue weighted by Crippen LogP contribution is 2.36. The molecule has 0 bridgehead atoms. The summed E-state index contributed by atoms with van der Waals surface area (Å²) in [5.74, 6) is 0.745. The molecule has 15 heavy (non-hydrogen) atoms. The molecule has 1 aliphatic rings. The quantitative estimate of drug-likeness (QED) is 0.809. The maximum absolute atomic E-state index is 9.00. The van der Waals surface area contributed by atoms with E-state index >= 15 is 0 Å². The summed E-state index contributed by atoms with van der Waals surface area (Å²) >= 11 is 0. The molecule has 0 aromatic carbocycles. The molecule has 0 spiro atoms. The van der Waals surface area contributed by atoms with Crippen LogP contribution in [0, 0.1) is 0 Å².